The van der Waals surface area contributed by atoms with E-state index in [-0.39, 0.29) is 11.2 Å². The number of hydrogen-bond donors (Lipinski definition) is 1. The van der Waals surface area contributed by atoms with E-state index in [0.717, 1.165) is 16.2 Å². The molecule has 106 valence electrons. The molecule has 20 heavy (non-hydrogen) atoms. The summed E-state index contributed by atoms with van der Waals surface area (Å²) >= 11 is 1.47. The van der Waals surface area contributed by atoms with E-state index in [1.807, 2.05) is 36.1 Å². The SMILES string of the molecule is C[C@H](Sc1nc2ccccc2[nH]1)C(=O)N1CCOCC1. The highest BCUT2D eigenvalue weighted by Crippen LogP contribution is 2.24. The Hall–Kier alpha value is -1.53. The van der Waals surface area contributed by atoms with Crippen LogP contribution in [0.15, 0.2) is 29.4 Å². The molecule has 6 heteroatoms. The molecule has 1 N–H and O–H groups in total. The molecular formula is C14H17N3O2S. The highest BCUT2D eigenvalue weighted by molar-refractivity contribution is 8.00. The number of carbonyl (C=O) groups excluding carboxylic acids is 1. The Morgan fingerprint density at radius 1 is 1.40 bits per heavy atom. The van der Waals surface area contributed by atoms with Crippen molar-refractivity contribution in [3.8, 4) is 0 Å². The molecule has 1 aliphatic heterocycles. The lowest BCUT2D eigenvalue weighted by atomic mass is 10.3. The molecule has 1 aromatic heterocycles. The third-order valence-electron chi connectivity index (χ3n) is 3.33. The molecule has 0 radical (unpaired) electrons. The highest BCUT2D eigenvalue weighted by atomic mass is 32.2. The zero-order valence-corrected chi connectivity index (χ0v) is 12.2. The minimum absolute atomic E-state index is 0.145. The number of nitrogens with zero attached hydrogens (tertiary/aromatic N) is 2. The number of ether oxygens (including phenoxy) is 1. The van der Waals surface area contributed by atoms with Gasteiger partial charge in [-0.2, -0.15) is 0 Å². The number of hydrogen-bond acceptors (Lipinski definition) is 4. The van der Waals surface area contributed by atoms with Crippen LogP contribution in [0.1, 0.15) is 6.92 Å². The van der Waals surface area contributed by atoms with Crippen molar-refractivity contribution in [3.63, 3.8) is 0 Å². The number of carbonyl (C=O) groups is 1. The maximum atomic E-state index is 12.3. The van der Waals surface area contributed by atoms with E-state index in [0.29, 0.717) is 26.3 Å². The van der Waals surface area contributed by atoms with Gasteiger partial charge in [0.1, 0.15) is 0 Å². The van der Waals surface area contributed by atoms with Crippen LogP contribution in [0, 0.1) is 0 Å². The average molecular weight is 291 g/mol. The number of amides is 1. The lowest BCUT2D eigenvalue weighted by Crippen LogP contribution is -2.44. The number of H-pyrrole nitrogens is 1. The van der Waals surface area contributed by atoms with E-state index < -0.39 is 0 Å². The molecule has 1 saturated heterocycles. The van der Waals surface area contributed by atoms with Crippen molar-refractivity contribution in [2.24, 2.45) is 0 Å². The standard InChI is InChI=1S/C14H17N3O2S/c1-10(13(18)17-6-8-19-9-7-17)20-14-15-11-4-2-3-5-12(11)16-14/h2-5,10H,6-9H2,1H3,(H,15,16)/t10-/m0/s1. The molecule has 0 saturated carbocycles. The van der Waals surface area contributed by atoms with Gasteiger partial charge in [-0.15, -0.1) is 0 Å². The van der Waals surface area contributed by atoms with E-state index in [1.165, 1.54) is 11.8 Å². The Labute approximate surface area is 121 Å². The van der Waals surface area contributed by atoms with Crippen LogP contribution in [0.3, 0.4) is 0 Å². The molecule has 3 rings (SSSR count). The van der Waals surface area contributed by atoms with Crippen LogP contribution in [0.25, 0.3) is 11.0 Å². The van der Waals surface area contributed by atoms with Crippen molar-refractivity contribution in [2.75, 3.05) is 26.3 Å². The van der Waals surface area contributed by atoms with Gasteiger partial charge in [0.2, 0.25) is 5.91 Å². The van der Waals surface area contributed by atoms with Gasteiger partial charge in [-0.25, -0.2) is 4.98 Å². The van der Waals surface area contributed by atoms with Gasteiger partial charge in [0.25, 0.3) is 0 Å². The highest BCUT2D eigenvalue weighted by Gasteiger charge is 2.24. The predicted octanol–water partition coefficient (Wildman–Crippen LogP) is 1.90. The minimum Gasteiger partial charge on any atom is -0.378 e. The van der Waals surface area contributed by atoms with Crippen molar-refractivity contribution in [2.45, 2.75) is 17.3 Å². The van der Waals surface area contributed by atoms with E-state index in [4.69, 9.17) is 4.74 Å². The Morgan fingerprint density at radius 3 is 2.90 bits per heavy atom. The van der Waals surface area contributed by atoms with Gasteiger partial charge >= 0.3 is 0 Å². The molecule has 1 aromatic carbocycles. The third kappa shape index (κ3) is 2.81. The average Bonchev–Trinajstić information content (AvgIpc) is 2.89. The molecule has 2 aromatic rings. The molecule has 0 bridgehead atoms. The second-order valence-electron chi connectivity index (χ2n) is 4.76. The number of rotatable bonds is 3. The normalized spacial score (nSPS) is 17.4. The summed E-state index contributed by atoms with van der Waals surface area (Å²) in [6, 6.07) is 7.88. The first-order valence-corrected chi connectivity index (χ1v) is 7.60. The molecule has 2 heterocycles. The molecule has 1 aliphatic rings. The van der Waals surface area contributed by atoms with Gasteiger partial charge in [0.15, 0.2) is 5.16 Å². The first-order valence-electron chi connectivity index (χ1n) is 6.72. The van der Waals surface area contributed by atoms with Crippen LogP contribution in [0.4, 0.5) is 0 Å². The summed E-state index contributed by atoms with van der Waals surface area (Å²) in [4.78, 5) is 21.9. The van der Waals surface area contributed by atoms with Crippen LogP contribution >= 0.6 is 11.8 Å². The van der Waals surface area contributed by atoms with Gasteiger partial charge < -0.3 is 14.6 Å². The number of aromatic amines is 1. The number of para-hydroxylation sites is 2. The maximum Gasteiger partial charge on any atom is 0.236 e. The minimum atomic E-state index is -0.145. The summed E-state index contributed by atoms with van der Waals surface area (Å²) in [6.07, 6.45) is 0. The van der Waals surface area contributed by atoms with Crippen molar-refractivity contribution < 1.29 is 9.53 Å². The number of morpholine rings is 1. The fraction of sp³-hybridized carbons (Fsp3) is 0.429. The van der Waals surface area contributed by atoms with E-state index in [2.05, 4.69) is 9.97 Å². The van der Waals surface area contributed by atoms with Gasteiger partial charge in [-0.05, 0) is 19.1 Å². The topological polar surface area (TPSA) is 58.2 Å². The van der Waals surface area contributed by atoms with Crippen LogP contribution < -0.4 is 0 Å². The number of thioether (sulfide) groups is 1. The maximum absolute atomic E-state index is 12.3. The Morgan fingerprint density at radius 2 is 2.15 bits per heavy atom. The Bertz CT molecular complexity index is 574. The quantitative estimate of drug-likeness (QED) is 0.878. The molecule has 1 fully saturated rings. The summed E-state index contributed by atoms with van der Waals surface area (Å²) < 4.78 is 5.27. The zero-order chi connectivity index (χ0) is 13.9. The summed E-state index contributed by atoms with van der Waals surface area (Å²) in [5.41, 5.74) is 1.93. The number of imidazole rings is 1. The fourth-order valence-electron chi connectivity index (χ4n) is 2.24. The zero-order valence-electron chi connectivity index (χ0n) is 11.3. The lowest BCUT2D eigenvalue weighted by Gasteiger charge is -2.28. The second-order valence-corrected chi connectivity index (χ2v) is 6.09. The fourth-order valence-corrected chi connectivity index (χ4v) is 3.15. The number of nitrogens with one attached hydrogen (secondary N) is 1. The number of benzene rings is 1. The molecule has 0 spiro atoms. The molecular weight excluding hydrogens is 274 g/mol. The Kier molecular flexibility index (Phi) is 3.93. The predicted molar refractivity (Wildman–Crippen MR) is 78.8 cm³/mol. The first-order chi connectivity index (χ1) is 9.74. The molecule has 5 nitrogen and oxygen atoms in total. The molecule has 1 amide bonds. The third-order valence-corrected chi connectivity index (χ3v) is 4.30. The Balaban J connectivity index is 1.68. The first kappa shape index (κ1) is 13.5. The van der Waals surface area contributed by atoms with E-state index >= 15 is 0 Å². The molecule has 0 unspecified atom stereocenters. The van der Waals surface area contributed by atoms with Crippen molar-refractivity contribution in [3.05, 3.63) is 24.3 Å². The number of aromatic nitrogens is 2. The summed E-state index contributed by atoms with van der Waals surface area (Å²) in [5.74, 6) is 0.152. The summed E-state index contributed by atoms with van der Waals surface area (Å²) in [6.45, 7) is 4.56. The van der Waals surface area contributed by atoms with Crippen LogP contribution in [0.5, 0.6) is 0 Å². The van der Waals surface area contributed by atoms with Gasteiger partial charge in [0.05, 0.1) is 29.5 Å². The second kappa shape index (κ2) is 5.85. The largest absolute Gasteiger partial charge is 0.378 e. The summed E-state index contributed by atoms with van der Waals surface area (Å²) in [7, 11) is 0. The monoisotopic (exact) mass is 291 g/mol. The van der Waals surface area contributed by atoms with Crippen molar-refractivity contribution in [1.29, 1.82) is 0 Å². The van der Waals surface area contributed by atoms with Gasteiger partial charge in [-0.3, -0.25) is 4.79 Å². The van der Waals surface area contributed by atoms with Gasteiger partial charge in [-0.1, -0.05) is 23.9 Å². The van der Waals surface area contributed by atoms with Crippen LogP contribution in [-0.4, -0.2) is 52.3 Å². The van der Waals surface area contributed by atoms with Crippen LogP contribution in [0.2, 0.25) is 0 Å². The van der Waals surface area contributed by atoms with Crippen molar-refractivity contribution >= 4 is 28.7 Å². The molecule has 1 atom stereocenters. The number of fused-ring (bicyclic) bond motifs is 1. The van der Waals surface area contributed by atoms with E-state index in [1.54, 1.807) is 0 Å². The van der Waals surface area contributed by atoms with Gasteiger partial charge in [0, 0.05) is 13.1 Å². The van der Waals surface area contributed by atoms with E-state index in [9.17, 15) is 4.79 Å². The lowest BCUT2D eigenvalue weighted by molar-refractivity contribution is -0.134. The van der Waals surface area contributed by atoms with Crippen molar-refractivity contribution in [1.82, 2.24) is 14.9 Å². The smallest absolute Gasteiger partial charge is 0.236 e. The van der Waals surface area contributed by atoms with Crippen LogP contribution in [-0.2, 0) is 9.53 Å². The summed E-state index contributed by atoms with van der Waals surface area (Å²) in [5, 5.41) is 0.647. The molecule has 0 aliphatic carbocycles.